The van der Waals surface area contributed by atoms with Crippen molar-refractivity contribution in [2.24, 2.45) is 11.0 Å². The first kappa shape index (κ1) is 7.35. The molecule has 0 atom stereocenters. The van der Waals surface area contributed by atoms with E-state index in [1.54, 1.807) is 0 Å². The second-order valence-corrected chi connectivity index (χ2v) is 8.42. The van der Waals surface area contributed by atoms with Crippen molar-refractivity contribution in [1.82, 2.24) is 0 Å². The van der Waals surface area contributed by atoms with Gasteiger partial charge in [0.1, 0.15) is 0 Å². The molecule has 0 aromatic carbocycles. The third-order valence-electron chi connectivity index (χ3n) is 1.33. The van der Waals surface area contributed by atoms with Gasteiger partial charge in [-0.15, -0.1) is 0 Å². The van der Waals surface area contributed by atoms with Crippen LogP contribution in [0.5, 0.6) is 0 Å². The molecule has 0 unspecified atom stereocenters. The van der Waals surface area contributed by atoms with Crippen LogP contribution in [0.2, 0.25) is 0 Å². The molecule has 0 saturated carbocycles. The molecule has 50 valence electrons. The standard InChI is InChI=1S/C5H5.3H2N.Zr/c1-2-4-5-3-1;;;;/h1-3H,4H2;3*1H2;/q;3*-1;+3. The van der Waals surface area contributed by atoms with E-state index in [2.05, 4.69) is 0 Å². The number of nitrogens with two attached hydrogens (primary N) is 3. The van der Waals surface area contributed by atoms with E-state index in [4.69, 9.17) is 11.0 Å². The van der Waals surface area contributed by atoms with Gasteiger partial charge in [0.05, 0.1) is 0 Å². The Hall–Kier alpha value is 0.243. The maximum absolute atomic E-state index is 5.60. The van der Waals surface area contributed by atoms with E-state index < -0.39 is 21.1 Å². The first-order chi connectivity index (χ1) is 4.11. The van der Waals surface area contributed by atoms with Crippen LogP contribution in [0, 0.1) is 0 Å². The van der Waals surface area contributed by atoms with E-state index in [9.17, 15) is 0 Å². The van der Waals surface area contributed by atoms with Crippen molar-refractivity contribution < 1.29 is 21.1 Å². The first-order valence-electron chi connectivity index (χ1n) is 2.83. The molecule has 0 aromatic heterocycles. The summed E-state index contributed by atoms with van der Waals surface area (Å²) in [7, 11) is 0. The normalized spacial score (nSPS) is 18.3. The Labute approximate surface area is 60.2 Å². The number of hydrogen-bond donors (Lipinski definition) is 3. The molecular weight excluding hydrogens is 193 g/mol. The topological polar surface area (TPSA) is 78.1 Å². The van der Waals surface area contributed by atoms with Gasteiger partial charge in [-0.1, -0.05) is 0 Å². The summed E-state index contributed by atoms with van der Waals surface area (Å²) in [6.45, 7) is 0. The van der Waals surface area contributed by atoms with Gasteiger partial charge in [0.25, 0.3) is 0 Å². The molecule has 1 rings (SSSR count). The number of rotatable bonds is 1. The van der Waals surface area contributed by atoms with Gasteiger partial charge in [-0.2, -0.15) is 0 Å². The summed E-state index contributed by atoms with van der Waals surface area (Å²) in [6.07, 6.45) is 6.79. The fourth-order valence-electron chi connectivity index (χ4n) is 0.768. The van der Waals surface area contributed by atoms with Crippen molar-refractivity contribution in [3.63, 3.8) is 0 Å². The molecule has 6 N–H and O–H groups in total. The van der Waals surface area contributed by atoms with Gasteiger partial charge in [-0.05, 0) is 0 Å². The Balaban J connectivity index is 2.66. The van der Waals surface area contributed by atoms with Crippen molar-refractivity contribution in [1.29, 1.82) is 0 Å². The van der Waals surface area contributed by atoms with Crippen LogP contribution in [-0.4, -0.2) is 0 Å². The van der Waals surface area contributed by atoms with Crippen LogP contribution in [0.15, 0.2) is 21.5 Å². The Morgan fingerprint density at radius 2 is 2.00 bits per heavy atom. The van der Waals surface area contributed by atoms with Gasteiger partial charge in [-0.3, -0.25) is 0 Å². The average molecular weight is 204 g/mol. The predicted octanol–water partition coefficient (Wildman–Crippen LogP) is -0.395. The van der Waals surface area contributed by atoms with Gasteiger partial charge < -0.3 is 0 Å². The minimum absolute atomic E-state index is 0.875. The van der Waals surface area contributed by atoms with E-state index >= 15 is 0 Å². The van der Waals surface area contributed by atoms with Crippen molar-refractivity contribution in [3.05, 3.63) is 21.5 Å². The molecule has 0 heterocycles. The molecule has 3 nitrogen and oxygen atoms in total. The fraction of sp³-hybridized carbons (Fsp3) is 0.200. The van der Waals surface area contributed by atoms with Gasteiger partial charge in [0, 0.05) is 0 Å². The number of allylic oxidation sites excluding steroid dienone is 4. The van der Waals surface area contributed by atoms with Crippen molar-refractivity contribution in [3.8, 4) is 0 Å². The minimum atomic E-state index is -3.09. The molecule has 0 fully saturated rings. The second-order valence-electron chi connectivity index (χ2n) is 2.26. The molecule has 9 heavy (non-hydrogen) atoms. The molecule has 4 heteroatoms. The van der Waals surface area contributed by atoms with Gasteiger partial charge in [0.15, 0.2) is 0 Å². The van der Waals surface area contributed by atoms with Gasteiger partial charge >= 0.3 is 60.1 Å². The first-order valence-corrected chi connectivity index (χ1v) is 8.32. The Bertz CT molecular complexity index is 166. The quantitative estimate of drug-likeness (QED) is 0.544. The molecule has 0 aromatic rings. The van der Waals surface area contributed by atoms with Gasteiger partial charge in [0.2, 0.25) is 0 Å². The van der Waals surface area contributed by atoms with Crippen LogP contribution >= 0.6 is 0 Å². The Kier molecular flexibility index (Phi) is 2.01. The predicted molar refractivity (Wildman–Crippen MR) is 34.4 cm³/mol. The van der Waals surface area contributed by atoms with Crippen molar-refractivity contribution in [2.75, 3.05) is 0 Å². The van der Waals surface area contributed by atoms with Crippen molar-refractivity contribution >= 4 is 0 Å². The monoisotopic (exact) mass is 203 g/mol. The van der Waals surface area contributed by atoms with E-state index in [1.165, 1.54) is 0 Å². The average Bonchev–Trinajstić information content (AvgIpc) is 2.08. The summed E-state index contributed by atoms with van der Waals surface area (Å²) in [5.74, 6) is 0. The Morgan fingerprint density at radius 3 is 2.22 bits per heavy atom. The Morgan fingerprint density at radius 1 is 1.33 bits per heavy atom. The summed E-state index contributed by atoms with van der Waals surface area (Å²) in [5.41, 5.74) is 0. The SMILES string of the molecule is [NH2][Zr]([NH2])([NH2])[C]1=CC=CC1. The van der Waals surface area contributed by atoms with Crippen LogP contribution in [0.3, 0.4) is 0 Å². The molecule has 0 bridgehead atoms. The fourth-order valence-corrected chi connectivity index (χ4v) is 2.87. The summed E-state index contributed by atoms with van der Waals surface area (Å²) >= 11 is -3.09. The van der Waals surface area contributed by atoms with Crippen LogP contribution in [0.25, 0.3) is 0 Å². The molecule has 0 radical (unpaired) electrons. The van der Waals surface area contributed by atoms with E-state index in [0.717, 1.165) is 9.70 Å². The second kappa shape index (κ2) is 2.47. The van der Waals surface area contributed by atoms with E-state index in [1.807, 2.05) is 18.2 Å². The summed E-state index contributed by atoms with van der Waals surface area (Å²) in [4.78, 5) is 0. The summed E-state index contributed by atoms with van der Waals surface area (Å²) in [5, 5.41) is 0. The zero-order valence-corrected chi connectivity index (χ0v) is 7.63. The molecule has 1 aliphatic carbocycles. The van der Waals surface area contributed by atoms with Crippen LogP contribution < -0.4 is 11.0 Å². The zero-order valence-electron chi connectivity index (χ0n) is 5.17. The summed E-state index contributed by atoms with van der Waals surface area (Å²) in [6, 6.07) is 0. The third-order valence-corrected chi connectivity index (χ3v) is 4.97. The summed E-state index contributed by atoms with van der Waals surface area (Å²) < 4.78 is 17.9. The van der Waals surface area contributed by atoms with E-state index in [-0.39, 0.29) is 0 Å². The van der Waals surface area contributed by atoms with Crippen molar-refractivity contribution in [2.45, 2.75) is 6.42 Å². The van der Waals surface area contributed by atoms with Crippen LogP contribution in [0.4, 0.5) is 0 Å². The molecule has 0 aliphatic heterocycles. The van der Waals surface area contributed by atoms with Crippen LogP contribution in [-0.2, 0) is 21.1 Å². The molecule has 0 spiro atoms. The maximum atomic E-state index is 5.60. The number of hydrogen-bond acceptors (Lipinski definition) is 3. The van der Waals surface area contributed by atoms with Gasteiger partial charge in [-0.25, -0.2) is 0 Å². The third kappa shape index (κ3) is 1.83. The molecular formula is C5H11N3Zr. The van der Waals surface area contributed by atoms with Crippen LogP contribution in [0.1, 0.15) is 6.42 Å². The molecule has 1 aliphatic rings. The molecule has 0 saturated heterocycles. The van der Waals surface area contributed by atoms with E-state index in [0.29, 0.717) is 0 Å². The molecule has 0 amide bonds. The zero-order chi connectivity index (χ0) is 6.91.